The molecule has 9 rings (SSSR count). The van der Waals surface area contributed by atoms with Gasteiger partial charge in [-0.15, -0.1) is 0 Å². The fourth-order valence-electron chi connectivity index (χ4n) is 10.9. The molecule has 4 aromatic rings. The van der Waals surface area contributed by atoms with Crippen molar-refractivity contribution in [3.8, 4) is 17.2 Å². The zero-order valence-corrected chi connectivity index (χ0v) is 47.2. The summed E-state index contributed by atoms with van der Waals surface area (Å²) in [5.41, 5.74) is -0.120. The summed E-state index contributed by atoms with van der Waals surface area (Å²) in [5.74, 6) is -4.23. The predicted octanol–water partition coefficient (Wildman–Crippen LogP) is 4.69. The van der Waals surface area contributed by atoms with Gasteiger partial charge in [0.1, 0.15) is 29.0 Å². The molecule has 0 unspecified atom stereocenters. The number of ketones is 4. The summed E-state index contributed by atoms with van der Waals surface area (Å²) < 4.78 is 58.3. The number of phenolic OH excluding ortho intramolecular Hbond substituents is 2. The Labute approximate surface area is 472 Å². The Balaban J connectivity index is 0.723. The number of nitrogens with zero attached hydrogens (tertiary/aromatic N) is 3. The van der Waals surface area contributed by atoms with Crippen LogP contribution in [-0.2, 0) is 69.3 Å². The second kappa shape index (κ2) is 26.3. The molecular formula is C55H64Br2N4O18. The third kappa shape index (κ3) is 12.6. The first-order valence-electron chi connectivity index (χ1n) is 26.2. The zero-order chi connectivity index (χ0) is 56.0. The lowest BCUT2D eigenvalue weighted by atomic mass is 9.72. The maximum atomic E-state index is 14.2. The fourth-order valence-corrected chi connectivity index (χ4v) is 11.8. The summed E-state index contributed by atoms with van der Waals surface area (Å²) in [6.45, 7) is 4.47. The van der Waals surface area contributed by atoms with Crippen molar-refractivity contribution >= 4 is 71.9 Å². The molecule has 0 bridgehead atoms. The Morgan fingerprint density at radius 3 is 2.22 bits per heavy atom. The van der Waals surface area contributed by atoms with Gasteiger partial charge < -0.3 is 68.0 Å². The number of rotatable bonds is 26. The van der Waals surface area contributed by atoms with Gasteiger partial charge in [0.05, 0.1) is 118 Å². The number of alkyl halides is 2. The van der Waals surface area contributed by atoms with Gasteiger partial charge in [-0.2, -0.15) is 0 Å². The minimum Gasteiger partial charge on any atom is -0.507 e. The minimum atomic E-state index is -2.36. The molecule has 3 aliphatic heterocycles. The molecule has 3 fully saturated rings. The molecule has 0 saturated carbocycles. The second-order valence-electron chi connectivity index (χ2n) is 19.7. The van der Waals surface area contributed by atoms with Crippen LogP contribution in [0.4, 0.5) is 0 Å². The summed E-state index contributed by atoms with van der Waals surface area (Å²) >= 11 is 6.89. The van der Waals surface area contributed by atoms with E-state index in [0.717, 1.165) is 16.9 Å². The van der Waals surface area contributed by atoms with Crippen LogP contribution in [0.2, 0.25) is 0 Å². The maximum absolute atomic E-state index is 14.2. The molecule has 8 atom stereocenters. The highest BCUT2D eigenvalue weighted by molar-refractivity contribution is 9.09. The largest absolute Gasteiger partial charge is 0.507 e. The molecule has 426 valence electrons. The Kier molecular flexibility index (Phi) is 19.6. The molecule has 4 N–H and O–H groups in total. The van der Waals surface area contributed by atoms with Gasteiger partial charge in [0, 0.05) is 91.3 Å². The zero-order valence-electron chi connectivity index (χ0n) is 44.0. The first-order chi connectivity index (χ1) is 38.2. The van der Waals surface area contributed by atoms with Gasteiger partial charge in [-0.3, -0.25) is 28.9 Å². The number of fused-ring (bicyclic) bond motifs is 7. The molecule has 79 heavy (non-hydrogen) atoms. The average Bonchev–Trinajstić information content (AvgIpc) is 4.02. The van der Waals surface area contributed by atoms with E-state index in [1.165, 1.54) is 32.4 Å². The number of amides is 1. The average molecular weight is 1230 g/mol. The number of nitrogens with one attached hydrogen (secondary N) is 1. The number of Topliss-reactive ketones (excluding diaryl/α,β-unsaturated/α-hetero) is 2. The highest BCUT2D eigenvalue weighted by Gasteiger charge is 2.55. The fraction of sp³-hybridized carbons (Fsp3) is 0.545. The molecule has 4 heterocycles. The van der Waals surface area contributed by atoms with Crippen molar-refractivity contribution in [1.82, 2.24) is 20.2 Å². The van der Waals surface area contributed by atoms with E-state index in [9.17, 15) is 39.3 Å². The van der Waals surface area contributed by atoms with E-state index in [1.807, 2.05) is 13.0 Å². The number of carbonyl (C=O) groups excluding carboxylic acids is 5. The van der Waals surface area contributed by atoms with Crippen LogP contribution in [0.15, 0.2) is 36.4 Å². The van der Waals surface area contributed by atoms with E-state index in [-0.39, 0.29) is 72.5 Å². The lowest BCUT2D eigenvalue weighted by molar-refractivity contribution is -0.256. The van der Waals surface area contributed by atoms with Crippen molar-refractivity contribution in [2.45, 2.75) is 105 Å². The highest BCUT2D eigenvalue weighted by Crippen LogP contribution is 2.53. The van der Waals surface area contributed by atoms with Crippen LogP contribution in [0.25, 0.3) is 11.0 Å². The van der Waals surface area contributed by atoms with Gasteiger partial charge in [-0.1, -0.05) is 44.0 Å². The van der Waals surface area contributed by atoms with Gasteiger partial charge in [0.15, 0.2) is 36.2 Å². The van der Waals surface area contributed by atoms with Crippen LogP contribution in [0.3, 0.4) is 0 Å². The first-order valence-corrected chi connectivity index (χ1v) is 28.5. The molecule has 3 aromatic carbocycles. The van der Waals surface area contributed by atoms with E-state index in [0.29, 0.717) is 80.8 Å². The number of aliphatic hydroxyl groups is 1. The van der Waals surface area contributed by atoms with E-state index in [1.54, 1.807) is 12.1 Å². The number of methoxy groups -OCH3 is 2. The maximum Gasteiger partial charge on any atom is 0.252 e. The quantitative estimate of drug-likeness (QED) is 0.0253. The molecule has 2 aliphatic carbocycles. The van der Waals surface area contributed by atoms with E-state index < -0.39 is 108 Å². The van der Waals surface area contributed by atoms with Crippen molar-refractivity contribution in [3.63, 3.8) is 0 Å². The van der Waals surface area contributed by atoms with Crippen molar-refractivity contribution in [2.75, 3.05) is 86.8 Å². The summed E-state index contributed by atoms with van der Waals surface area (Å²) in [7, 11) is 2.86. The van der Waals surface area contributed by atoms with E-state index in [4.69, 9.17) is 47.4 Å². The monoisotopic (exact) mass is 1230 g/mol. The van der Waals surface area contributed by atoms with Gasteiger partial charge in [0.2, 0.25) is 5.78 Å². The number of carbonyl (C=O) groups is 5. The molecule has 22 nitrogen and oxygen atoms in total. The normalized spacial score (nSPS) is 24.4. The molecular weight excluding hydrogens is 1160 g/mol. The van der Waals surface area contributed by atoms with Crippen molar-refractivity contribution in [3.05, 3.63) is 86.7 Å². The minimum absolute atomic E-state index is 0.00529. The summed E-state index contributed by atoms with van der Waals surface area (Å²) in [6.07, 6.45) is -4.55. The van der Waals surface area contributed by atoms with Crippen LogP contribution < -0.4 is 10.1 Å². The van der Waals surface area contributed by atoms with Crippen LogP contribution in [0.5, 0.6) is 17.2 Å². The Hall–Kier alpha value is -4.93. The molecule has 0 radical (unpaired) electrons. The number of hydrogen-bond acceptors (Lipinski definition) is 21. The number of morpholine rings is 1. The van der Waals surface area contributed by atoms with Crippen LogP contribution >= 0.6 is 31.9 Å². The van der Waals surface area contributed by atoms with Gasteiger partial charge in [-0.05, 0) is 37.6 Å². The Morgan fingerprint density at radius 2 is 1.52 bits per heavy atom. The van der Waals surface area contributed by atoms with Crippen molar-refractivity contribution in [2.24, 2.45) is 0 Å². The highest BCUT2D eigenvalue weighted by atomic mass is 79.9. The number of benzene rings is 3. The smallest absolute Gasteiger partial charge is 0.252 e. The molecule has 1 aromatic heterocycles. The van der Waals surface area contributed by atoms with E-state index >= 15 is 0 Å². The lowest BCUT2D eigenvalue weighted by Gasteiger charge is -2.43. The molecule has 3 saturated heterocycles. The number of aromatic hydroxyl groups is 2. The van der Waals surface area contributed by atoms with Gasteiger partial charge in [0.25, 0.3) is 5.91 Å². The second-order valence-corrected chi connectivity index (χ2v) is 20.9. The van der Waals surface area contributed by atoms with Gasteiger partial charge in [-0.25, -0.2) is 9.97 Å². The Morgan fingerprint density at radius 1 is 0.835 bits per heavy atom. The molecule has 24 heteroatoms. The van der Waals surface area contributed by atoms with E-state index in [2.05, 4.69) is 52.0 Å². The number of hydrogen-bond donors (Lipinski definition) is 4. The number of halogens is 2. The summed E-state index contributed by atoms with van der Waals surface area (Å²) in [5, 5.41) is 40.0. The number of ether oxygens (including phenoxy) is 10. The third-order valence-corrected chi connectivity index (χ3v) is 15.8. The predicted molar refractivity (Wildman–Crippen MR) is 286 cm³/mol. The summed E-state index contributed by atoms with van der Waals surface area (Å²) in [4.78, 5) is 79.6. The van der Waals surface area contributed by atoms with Crippen LogP contribution in [-0.4, -0.2) is 189 Å². The Bertz CT molecular complexity index is 2930. The topological polar surface area (TPSA) is 279 Å². The number of phenols is 2. The lowest BCUT2D eigenvalue weighted by Crippen LogP contribution is -2.55. The van der Waals surface area contributed by atoms with Crippen molar-refractivity contribution < 1.29 is 86.7 Å². The molecule has 5 aliphatic rings. The van der Waals surface area contributed by atoms with Crippen LogP contribution in [0, 0.1) is 0 Å². The van der Waals surface area contributed by atoms with Gasteiger partial charge >= 0.3 is 0 Å². The SMILES string of the molecule is COc1cccc2c1C(=O)c1c(O)c3c(c(O)c1C2=O)C[C@@](O)(C(=O)NCC(=O)CCOCCOCCOCCOCCCC(=O)c1ccc2nc(CBr)c(CBr)nc2c1)C[C@@H]3O[C@H]1C[C@H]2[C@H](O[C@@H]3[C@@H](OC)OCCN32)[C@H](C)O1. The van der Waals surface area contributed by atoms with Crippen molar-refractivity contribution in [1.29, 1.82) is 0 Å². The summed E-state index contributed by atoms with van der Waals surface area (Å²) in [6, 6.07) is 9.54. The molecule has 1 amide bonds. The molecule has 0 spiro atoms. The standard InChI is InChI=1S/C55H64Br2N4O18/c1-29-51-38(61-12-15-76-53(71-3)52(61)79-51)23-42(77-29)78-41-25-55(69,24-33-44(41)50(67)46-45(48(33)65)47(64)32-6-4-8-40(70-2)43(32)49(46)66)54(68)58-28-31(62)11-14-73-17-19-75-21-20-74-18-16-72-13-5-7-39(63)30-9-10-34-35(22-30)60-37(27-57)36(26-56)59-34/h4,6,8-10,22,29,38,41-42,51-53,65,67,69H,5,7,11-21,23-28H2,1-3H3,(H,58,68)/t29-,38-,41-,42-,51+,52+,53-,55-/m0/s1. The van der Waals surface area contributed by atoms with Crippen LogP contribution in [0.1, 0.15) is 110 Å². The third-order valence-electron chi connectivity index (χ3n) is 14.8. The number of aromatic nitrogens is 2. The first kappa shape index (κ1) is 58.7.